The maximum Gasteiger partial charge on any atom is 0.350 e. The van der Waals surface area contributed by atoms with Gasteiger partial charge < -0.3 is 24.3 Å². The number of anilines is 1. The molecular weight excluding hydrogens is 362 g/mol. The summed E-state index contributed by atoms with van der Waals surface area (Å²) in [7, 11) is 3.95. The maximum absolute atomic E-state index is 12.1. The van der Waals surface area contributed by atoms with Crippen molar-refractivity contribution in [3.8, 4) is 11.5 Å². The van der Waals surface area contributed by atoms with Gasteiger partial charge in [-0.2, -0.15) is 0 Å². The van der Waals surface area contributed by atoms with Gasteiger partial charge in [0.1, 0.15) is 4.88 Å². The zero-order valence-corrected chi connectivity index (χ0v) is 15.2. The fourth-order valence-corrected chi connectivity index (χ4v) is 2.79. The van der Waals surface area contributed by atoms with E-state index in [0.29, 0.717) is 16.1 Å². The fraction of sp³-hybridized carbons (Fsp3) is 0.235. The Hall–Kier alpha value is -3.07. The van der Waals surface area contributed by atoms with Gasteiger partial charge in [0.25, 0.3) is 5.91 Å². The molecule has 0 radical (unpaired) electrons. The lowest BCUT2D eigenvalue weighted by molar-refractivity contribution is -0.118. The lowest BCUT2D eigenvalue weighted by atomic mass is 10.2. The molecule has 0 bridgehead atoms. The topological polar surface area (TPSA) is 100 Å². The molecule has 1 aromatic carbocycles. The Morgan fingerprint density at radius 2 is 1.73 bits per heavy atom. The van der Waals surface area contributed by atoms with E-state index in [4.69, 9.17) is 9.47 Å². The van der Waals surface area contributed by atoms with Gasteiger partial charge >= 0.3 is 11.9 Å². The summed E-state index contributed by atoms with van der Waals surface area (Å²) < 4.78 is 19.9. The van der Waals surface area contributed by atoms with Crippen LogP contribution >= 0.6 is 11.3 Å². The Bertz CT molecular complexity index is 815. The monoisotopic (exact) mass is 379 g/mol. The van der Waals surface area contributed by atoms with Crippen LogP contribution in [0.3, 0.4) is 0 Å². The van der Waals surface area contributed by atoms with Crippen LogP contribution in [0.15, 0.2) is 29.6 Å². The largest absolute Gasteiger partial charge is 0.493 e. The number of hydrogen-bond acceptors (Lipinski definition) is 8. The minimum absolute atomic E-state index is 0.284. The van der Waals surface area contributed by atoms with Crippen molar-refractivity contribution in [2.75, 3.05) is 33.3 Å². The quantitative estimate of drug-likeness (QED) is 0.737. The highest BCUT2D eigenvalue weighted by atomic mass is 32.1. The molecular formula is C17H17NO7S. The highest BCUT2D eigenvalue weighted by Gasteiger charge is 2.17. The molecule has 0 aliphatic rings. The lowest BCUT2D eigenvalue weighted by Crippen LogP contribution is -2.21. The predicted molar refractivity (Wildman–Crippen MR) is 94.1 cm³/mol. The molecule has 0 saturated heterocycles. The first kappa shape index (κ1) is 19.3. The lowest BCUT2D eigenvalue weighted by Gasteiger charge is -2.12. The summed E-state index contributed by atoms with van der Waals surface area (Å²) in [5, 5.41) is 4.25. The van der Waals surface area contributed by atoms with Gasteiger partial charge in [0, 0.05) is 0 Å². The number of amides is 1. The average Bonchev–Trinajstić information content (AvgIpc) is 3.12. The number of carbonyl (C=O) groups excluding carboxylic acids is 3. The summed E-state index contributed by atoms with van der Waals surface area (Å²) in [6.45, 7) is -0.315. The number of benzene rings is 1. The summed E-state index contributed by atoms with van der Waals surface area (Å²) in [6, 6.07) is 6.05. The molecule has 1 N–H and O–H groups in total. The number of thiophene rings is 1. The maximum atomic E-state index is 12.1. The molecule has 0 saturated carbocycles. The van der Waals surface area contributed by atoms with Crippen molar-refractivity contribution in [3.63, 3.8) is 0 Å². The standard InChI is InChI=1S/C17H17NO7S/c1-22-13-8-10(16(20)23-2)4-5-12(13)25-9-14(19)18-11-6-7-26-15(11)17(21)24-3/h4-8H,9H2,1-3H3,(H,18,19). The molecule has 1 aromatic heterocycles. The minimum atomic E-state index is -0.531. The van der Waals surface area contributed by atoms with Crippen molar-refractivity contribution in [1.82, 2.24) is 0 Å². The molecule has 2 rings (SSSR count). The van der Waals surface area contributed by atoms with Crippen LogP contribution in [0.4, 0.5) is 5.69 Å². The molecule has 0 unspecified atom stereocenters. The van der Waals surface area contributed by atoms with E-state index < -0.39 is 17.8 Å². The van der Waals surface area contributed by atoms with E-state index in [1.54, 1.807) is 11.4 Å². The Labute approximate surface area is 153 Å². The summed E-state index contributed by atoms with van der Waals surface area (Å²) in [5.74, 6) is -0.940. The van der Waals surface area contributed by atoms with Crippen molar-refractivity contribution in [1.29, 1.82) is 0 Å². The SMILES string of the molecule is COC(=O)c1ccc(OCC(=O)Nc2ccsc2C(=O)OC)c(OC)c1. The Kier molecular flexibility index (Phi) is 6.56. The third-order valence-electron chi connectivity index (χ3n) is 3.25. The summed E-state index contributed by atoms with van der Waals surface area (Å²) in [6.07, 6.45) is 0. The van der Waals surface area contributed by atoms with Crippen molar-refractivity contribution in [3.05, 3.63) is 40.1 Å². The smallest absolute Gasteiger partial charge is 0.350 e. The molecule has 138 valence electrons. The van der Waals surface area contributed by atoms with E-state index in [1.165, 1.54) is 39.5 Å². The predicted octanol–water partition coefficient (Wildman–Crippen LogP) is 2.35. The van der Waals surface area contributed by atoms with Crippen LogP contribution in [0.1, 0.15) is 20.0 Å². The van der Waals surface area contributed by atoms with Gasteiger partial charge in [-0.15, -0.1) is 11.3 Å². The number of nitrogens with one attached hydrogen (secondary N) is 1. The average molecular weight is 379 g/mol. The first-order valence-corrected chi connectivity index (χ1v) is 8.23. The minimum Gasteiger partial charge on any atom is -0.493 e. The van der Waals surface area contributed by atoms with Crippen LogP contribution in [0.5, 0.6) is 11.5 Å². The second-order valence-electron chi connectivity index (χ2n) is 4.85. The van der Waals surface area contributed by atoms with Crippen LogP contribution in [-0.4, -0.2) is 45.8 Å². The molecule has 26 heavy (non-hydrogen) atoms. The molecule has 0 atom stereocenters. The second kappa shape index (κ2) is 8.86. The van der Waals surface area contributed by atoms with Crippen molar-refractivity contribution in [2.24, 2.45) is 0 Å². The molecule has 9 heteroatoms. The zero-order valence-electron chi connectivity index (χ0n) is 14.4. The van der Waals surface area contributed by atoms with Crippen molar-refractivity contribution in [2.45, 2.75) is 0 Å². The third kappa shape index (κ3) is 4.51. The van der Waals surface area contributed by atoms with Gasteiger partial charge in [-0.25, -0.2) is 9.59 Å². The molecule has 8 nitrogen and oxygen atoms in total. The third-order valence-corrected chi connectivity index (χ3v) is 4.15. The first-order chi connectivity index (χ1) is 12.5. The van der Waals surface area contributed by atoms with E-state index in [0.717, 1.165) is 11.3 Å². The van der Waals surface area contributed by atoms with Crippen LogP contribution in [-0.2, 0) is 14.3 Å². The molecule has 0 aliphatic carbocycles. The van der Waals surface area contributed by atoms with E-state index in [1.807, 2.05) is 0 Å². The van der Waals surface area contributed by atoms with Gasteiger partial charge in [0.15, 0.2) is 18.1 Å². The highest BCUT2D eigenvalue weighted by molar-refractivity contribution is 7.12. The van der Waals surface area contributed by atoms with Crippen LogP contribution in [0, 0.1) is 0 Å². The van der Waals surface area contributed by atoms with Gasteiger partial charge in [0.2, 0.25) is 0 Å². The van der Waals surface area contributed by atoms with Crippen LogP contribution in [0.2, 0.25) is 0 Å². The number of ether oxygens (including phenoxy) is 4. The molecule has 0 aliphatic heterocycles. The number of esters is 2. The van der Waals surface area contributed by atoms with Gasteiger partial charge in [-0.3, -0.25) is 4.79 Å². The van der Waals surface area contributed by atoms with Gasteiger partial charge in [-0.1, -0.05) is 0 Å². The molecule has 0 fully saturated rings. The number of methoxy groups -OCH3 is 3. The van der Waals surface area contributed by atoms with Gasteiger partial charge in [-0.05, 0) is 29.6 Å². The molecule has 0 spiro atoms. The summed E-state index contributed by atoms with van der Waals surface area (Å²) in [4.78, 5) is 35.5. The van der Waals surface area contributed by atoms with Crippen LogP contribution in [0.25, 0.3) is 0 Å². The van der Waals surface area contributed by atoms with E-state index in [-0.39, 0.29) is 18.1 Å². The van der Waals surface area contributed by atoms with Gasteiger partial charge in [0.05, 0.1) is 32.6 Å². The summed E-state index contributed by atoms with van der Waals surface area (Å²) in [5.41, 5.74) is 0.644. The Morgan fingerprint density at radius 1 is 1.00 bits per heavy atom. The van der Waals surface area contributed by atoms with E-state index in [9.17, 15) is 14.4 Å². The van der Waals surface area contributed by atoms with Crippen molar-refractivity contribution >= 4 is 34.9 Å². The number of carbonyl (C=O) groups is 3. The summed E-state index contributed by atoms with van der Waals surface area (Å²) >= 11 is 1.16. The Balaban J connectivity index is 2.02. The normalized spacial score (nSPS) is 9.96. The second-order valence-corrected chi connectivity index (χ2v) is 5.77. The van der Waals surface area contributed by atoms with E-state index >= 15 is 0 Å². The Morgan fingerprint density at radius 3 is 2.38 bits per heavy atom. The number of rotatable bonds is 7. The first-order valence-electron chi connectivity index (χ1n) is 7.35. The number of hydrogen-bond donors (Lipinski definition) is 1. The molecule has 1 heterocycles. The fourth-order valence-electron chi connectivity index (χ4n) is 2.02. The van der Waals surface area contributed by atoms with Crippen molar-refractivity contribution < 1.29 is 33.3 Å². The zero-order chi connectivity index (χ0) is 19.1. The molecule has 2 aromatic rings. The molecule has 1 amide bonds. The highest BCUT2D eigenvalue weighted by Crippen LogP contribution is 2.28. The van der Waals surface area contributed by atoms with Crippen LogP contribution < -0.4 is 14.8 Å². The van der Waals surface area contributed by atoms with E-state index in [2.05, 4.69) is 14.8 Å².